The number of nitrogens with one attached hydrogen (secondary N) is 1. The van der Waals surface area contributed by atoms with E-state index in [2.05, 4.69) is 5.32 Å². The van der Waals surface area contributed by atoms with Crippen LogP contribution in [-0.2, 0) is 0 Å². The van der Waals surface area contributed by atoms with Gasteiger partial charge in [0.15, 0.2) is 0 Å². The molecule has 2 aromatic carbocycles. The quantitative estimate of drug-likeness (QED) is 0.532. The summed E-state index contributed by atoms with van der Waals surface area (Å²) in [5.74, 6) is 2.44. The lowest BCUT2D eigenvalue weighted by atomic mass is 9.49. The smallest absolute Gasteiger partial charge is 0.322 e. The summed E-state index contributed by atoms with van der Waals surface area (Å²) in [6.07, 6.45) is 7.74. The second-order valence-corrected chi connectivity index (χ2v) is 10.3. The van der Waals surface area contributed by atoms with Crippen molar-refractivity contribution in [3.8, 4) is 0 Å². The summed E-state index contributed by atoms with van der Waals surface area (Å²) in [4.78, 5) is 26.4. The summed E-state index contributed by atoms with van der Waals surface area (Å²) in [6, 6.07) is 14.2. The van der Waals surface area contributed by atoms with Crippen molar-refractivity contribution in [2.24, 2.45) is 23.2 Å². The molecule has 160 valence electrons. The zero-order valence-corrected chi connectivity index (χ0v) is 17.5. The van der Waals surface area contributed by atoms with Gasteiger partial charge in [0, 0.05) is 24.2 Å². The summed E-state index contributed by atoms with van der Waals surface area (Å²) < 4.78 is 0. The molecule has 6 heteroatoms. The van der Waals surface area contributed by atoms with Gasteiger partial charge in [0.2, 0.25) is 0 Å². The monoisotopic (exact) mass is 417 g/mol. The maximum Gasteiger partial charge on any atom is 0.322 e. The van der Waals surface area contributed by atoms with Crippen molar-refractivity contribution in [3.63, 3.8) is 0 Å². The third kappa shape index (κ3) is 3.11. The van der Waals surface area contributed by atoms with Crippen LogP contribution in [0.1, 0.15) is 55.7 Å². The molecule has 1 aliphatic heterocycles. The number of nitrogens with zero attached hydrogens (tertiary/aromatic N) is 2. The van der Waals surface area contributed by atoms with Crippen LogP contribution in [0.2, 0.25) is 0 Å². The minimum atomic E-state index is -0.379. The zero-order chi connectivity index (χ0) is 21.2. The number of non-ortho nitro benzene ring substituents is 1. The van der Waals surface area contributed by atoms with E-state index < -0.39 is 0 Å². The Labute approximate surface area is 181 Å². The van der Waals surface area contributed by atoms with Gasteiger partial charge in [-0.2, -0.15) is 0 Å². The van der Waals surface area contributed by atoms with Gasteiger partial charge in [-0.1, -0.05) is 30.3 Å². The maximum atomic E-state index is 13.4. The lowest BCUT2D eigenvalue weighted by Gasteiger charge is -2.58. The van der Waals surface area contributed by atoms with Crippen LogP contribution in [0.3, 0.4) is 0 Å². The summed E-state index contributed by atoms with van der Waals surface area (Å²) in [6.45, 7) is 0.717. The molecule has 1 N–H and O–H groups in total. The number of rotatable bonds is 4. The average Bonchev–Trinajstić information content (AvgIpc) is 2.74. The highest BCUT2D eigenvalue weighted by Gasteiger charge is 2.52. The van der Waals surface area contributed by atoms with Gasteiger partial charge in [-0.3, -0.25) is 15.0 Å². The predicted molar refractivity (Wildman–Crippen MR) is 118 cm³/mol. The van der Waals surface area contributed by atoms with E-state index in [9.17, 15) is 14.9 Å². The maximum absolute atomic E-state index is 13.4. The lowest BCUT2D eigenvalue weighted by molar-refractivity contribution is -0.384. The van der Waals surface area contributed by atoms with E-state index in [1.165, 1.54) is 44.6 Å². The van der Waals surface area contributed by atoms with E-state index in [1.807, 2.05) is 35.2 Å². The summed E-state index contributed by atoms with van der Waals surface area (Å²) in [5, 5.41) is 14.6. The van der Waals surface area contributed by atoms with Crippen LogP contribution in [-0.4, -0.2) is 17.5 Å². The van der Waals surface area contributed by atoms with Crippen molar-refractivity contribution >= 4 is 17.4 Å². The van der Waals surface area contributed by atoms with E-state index in [0.717, 1.165) is 34.6 Å². The van der Waals surface area contributed by atoms with Crippen molar-refractivity contribution in [2.45, 2.75) is 44.6 Å². The van der Waals surface area contributed by atoms with E-state index in [4.69, 9.17) is 0 Å². The first-order valence-corrected chi connectivity index (χ1v) is 11.4. The Hall–Kier alpha value is -2.89. The second-order valence-electron chi connectivity index (χ2n) is 10.3. The van der Waals surface area contributed by atoms with Crippen LogP contribution < -0.4 is 10.2 Å². The molecule has 0 saturated heterocycles. The van der Waals surface area contributed by atoms with Gasteiger partial charge in [-0.25, -0.2) is 4.79 Å². The fourth-order valence-corrected chi connectivity index (χ4v) is 7.41. The highest BCUT2D eigenvalue weighted by Crippen LogP contribution is 2.60. The standard InChI is InChI=1S/C25H27N3O3/c29-24-26-23(19-4-2-1-3-5-19)21-11-20(28(30)31)6-7-22(21)27(24)15-25-12-16-8-17(13-25)10-18(9-16)14-25/h1-7,11,16-18,23H,8-10,12-15H2,(H,26,29). The van der Waals surface area contributed by atoms with Crippen molar-refractivity contribution in [1.82, 2.24) is 5.32 Å². The number of hydrogen-bond donors (Lipinski definition) is 1. The molecule has 1 atom stereocenters. The Bertz CT molecular complexity index is 1020. The predicted octanol–water partition coefficient (Wildman–Crippen LogP) is 5.43. The van der Waals surface area contributed by atoms with Crippen molar-refractivity contribution < 1.29 is 9.72 Å². The van der Waals surface area contributed by atoms with E-state index in [0.29, 0.717) is 6.54 Å². The van der Waals surface area contributed by atoms with Crippen molar-refractivity contribution in [2.75, 3.05) is 11.4 Å². The minimum Gasteiger partial charge on any atom is -0.327 e. The number of nitro groups is 1. The first kappa shape index (κ1) is 18.8. The average molecular weight is 418 g/mol. The number of amides is 2. The Morgan fingerprint density at radius 1 is 1.00 bits per heavy atom. The first-order valence-electron chi connectivity index (χ1n) is 11.4. The Morgan fingerprint density at radius 3 is 2.26 bits per heavy atom. The largest absolute Gasteiger partial charge is 0.327 e. The normalized spacial score (nSPS) is 33.2. The zero-order valence-electron chi connectivity index (χ0n) is 17.5. The molecule has 0 spiro atoms. The number of urea groups is 1. The molecule has 4 fully saturated rings. The molecule has 1 unspecified atom stereocenters. The second kappa shape index (κ2) is 6.81. The fourth-order valence-electron chi connectivity index (χ4n) is 7.41. The number of benzene rings is 2. The number of nitro benzene ring substituents is 1. The fraction of sp³-hybridized carbons (Fsp3) is 0.480. The molecular weight excluding hydrogens is 390 g/mol. The molecular formula is C25H27N3O3. The van der Waals surface area contributed by atoms with Crippen LogP contribution in [0.4, 0.5) is 16.2 Å². The number of carbonyl (C=O) groups is 1. The Balaban J connectivity index is 1.40. The van der Waals surface area contributed by atoms with Gasteiger partial charge in [0.1, 0.15) is 0 Å². The van der Waals surface area contributed by atoms with Gasteiger partial charge in [-0.15, -0.1) is 0 Å². The van der Waals surface area contributed by atoms with Gasteiger partial charge < -0.3 is 5.32 Å². The molecule has 2 amide bonds. The molecule has 31 heavy (non-hydrogen) atoms. The Morgan fingerprint density at radius 2 is 1.65 bits per heavy atom. The number of anilines is 1. The molecule has 4 bridgehead atoms. The Kier molecular flexibility index (Phi) is 4.14. The first-order chi connectivity index (χ1) is 15.0. The molecule has 4 saturated carbocycles. The topological polar surface area (TPSA) is 75.5 Å². The SMILES string of the molecule is O=C1NC(c2ccccc2)c2cc([N+](=O)[O-])ccc2N1CC12CC3CC(CC(C3)C1)C2. The molecule has 4 aliphatic carbocycles. The number of hydrogen-bond acceptors (Lipinski definition) is 3. The van der Waals surface area contributed by atoms with Crippen molar-refractivity contribution in [1.29, 1.82) is 0 Å². The van der Waals surface area contributed by atoms with Crippen LogP contribution in [0.25, 0.3) is 0 Å². The van der Waals surface area contributed by atoms with E-state index in [-0.39, 0.29) is 28.1 Å². The highest BCUT2D eigenvalue weighted by molar-refractivity contribution is 5.96. The van der Waals surface area contributed by atoms with Crippen molar-refractivity contribution in [3.05, 3.63) is 69.8 Å². The summed E-state index contributed by atoms with van der Waals surface area (Å²) in [5.41, 5.74) is 2.83. The molecule has 0 aromatic heterocycles. The van der Waals surface area contributed by atoms with E-state index in [1.54, 1.807) is 12.1 Å². The molecule has 2 aromatic rings. The summed E-state index contributed by atoms with van der Waals surface area (Å²) >= 11 is 0. The highest BCUT2D eigenvalue weighted by atomic mass is 16.6. The molecule has 0 radical (unpaired) electrons. The van der Waals surface area contributed by atoms with Gasteiger partial charge in [0.25, 0.3) is 5.69 Å². The molecule has 6 nitrogen and oxygen atoms in total. The minimum absolute atomic E-state index is 0.0607. The summed E-state index contributed by atoms with van der Waals surface area (Å²) in [7, 11) is 0. The number of fused-ring (bicyclic) bond motifs is 1. The van der Waals surface area contributed by atoms with Gasteiger partial charge in [-0.05, 0) is 73.3 Å². The van der Waals surface area contributed by atoms with Crippen LogP contribution >= 0.6 is 0 Å². The van der Waals surface area contributed by atoms with Gasteiger partial charge in [0.05, 0.1) is 16.7 Å². The third-order valence-electron chi connectivity index (χ3n) is 8.13. The molecule has 7 rings (SSSR count). The molecule has 1 heterocycles. The lowest BCUT2D eigenvalue weighted by Crippen LogP contribution is -2.55. The third-order valence-corrected chi connectivity index (χ3v) is 8.13. The van der Waals surface area contributed by atoms with Crippen LogP contribution in [0.5, 0.6) is 0 Å². The van der Waals surface area contributed by atoms with Crippen LogP contribution in [0, 0.1) is 33.3 Å². The van der Waals surface area contributed by atoms with Gasteiger partial charge >= 0.3 is 6.03 Å². The van der Waals surface area contributed by atoms with E-state index >= 15 is 0 Å². The number of carbonyl (C=O) groups excluding carboxylic acids is 1. The molecule has 5 aliphatic rings. The van der Waals surface area contributed by atoms with Crippen LogP contribution in [0.15, 0.2) is 48.5 Å².